The van der Waals surface area contributed by atoms with Crippen molar-refractivity contribution in [2.24, 2.45) is 0 Å². The monoisotopic (exact) mass is 263 g/mol. The summed E-state index contributed by atoms with van der Waals surface area (Å²) in [4.78, 5) is 19.2. The predicted molar refractivity (Wildman–Crippen MR) is 69.7 cm³/mol. The molecule has 1 amide bonds. The van der Waals surface area contributed by atoms with Crippen LogP contribution in [0.2, 0.25) is 0 Å². The molecule has 3 heterocycles. The summed E-state index contributed by atoms with van der Waals surface area (Å²) >= 11 is 0. The fraction of sp³-hybridized carbons (Fsp3) is 0.538. The fourth-order valence-electron chi connectivity index (χ4n) is 3.13. The molecule has 0 aromatic carbocycles. The second-order valence-corrected chi connectivity index (χ2v) is 5.38. The maximum absolute atomic E-state index is 11.1. The molecule has 6 heteroatoms. The molecule has 2 aliphatic rings. The number of hydrogen-bond donors (Lipinski definition) is 2. The highest BCUT2D eigenvalue weighted by atomic mass is 16.4. The Morgan fingerprint density at radius 3 is 2.89 bits per heavy atom. The summed E-state index contributed by atoms with van der Waals surface area (Å²) in [5.74, 6) is 1.11. The summed E-state index contributed by atoms with van der Waals surface area (Å²) in [6.45, 7) is 4.78. The van der Waals surface area contributed by atoms with E-state index in [4.69, 9.17) is 5.11 Å². The van der Waals surface area contributed by atoms with Gasteiger partial charge in [0.15, 0.2) is 0 Å². The predicted octanol–water partition coefficient (Wildman–Crippen LogP) is 1.21. The molecular formula is C13H17N3O3. The molecule has 2 aliphatic heterocycles. The van der Waals surface area contributed by atoms with Gasteiger partial charge in [0, 0.05) is 24.7 Å². The third-order valence-corrected chi connectivity index (χ3v) is 4.00. The molecule has 0 aliphatic carbocycles. The highest BCUT2D eigenvalue weighted by molar-refractivity contribution is 5.67. The zero-order valence-corrected chi connectivity index (χ0v) is 11.0. The lowest BCUT2D eigenvalue weighted by atomic mass is 10.1. The lowest BCUT2D eigenvalue weighted by Gasteiger charge is -2.42. The minimum absolute atomic E-state index is 0.104. The van der Waals surface area contributed by atoms with E-state index in [1.165, 1.54) is 4.90 Å². The van der Waals surface area contributed by atoms with E-state index >= 15 is 0 Å². The normalized spacial score (nSPS) is 25.2. The molecule has 2 atom stereocenters. The van der Waals surface area contributed by atoms with Crippen LogP contribution in [0.4, 0.5) is 10.6 Å². The van der Waals surface area contributed by atoms with E-state index in [0.717, 1.165) is 17.8 Å². The smallest absolute Gasteiger partial charge is 0.407 e. The molecule has 2 N–H and O–H groups in total. The maximum Gasteiger partial charge on any atom is 0.407 e. The van der Waals surface area contributed by atoms with Crippen LogP contribution < -0.4 is 4.90 Å². The Hall–Kier alpha value is -1.98. The summed E-state index contributed by atoms with van der Waals surface area (Å²) in [5.41, 5.74) is 1.62. The van der Waals surface area contributed by atoms with Gasteiger partial charge >= 0.3 is 6.09 Å². The SMILES string of the molecule is Cc1nc2c(cc1O)C[C@@H]1CN(C(=O)O)C[C@@H](C)N21. The van der Waals surface area contributed by atoms with E-state index in [9.17, 15) is 9.90 Å². The van der Waals surface area contributed by atoms with Gasteiger partial charge in [-0.2, -0.15) is 0 Å². The van der Waals surface area contributed by atoms with Gasteiger partial charge in [0.05, 0.1) is 11.7 Å². The van der Waals surface area contributed by atoms with Crippen LogP contribution in [0.15, 0.2) is 6.07 Å². The number of aromatic hydroxyl groups is 1. The largest absolute Gasteiger partial charge is 0.506 e. The number of aryl methyl sites for hydroxylation is 1. The van der Waals surface area contributed by atoms with Gasteiger partial charge in [-0.25, -0.2) is 9.78 Å². The first-order chi connectivity index (χ1) is 8.97. The molecule has 0 bridgehead atoms. The van der Waals surface area contributed by atoms with Crippen molar-refractivity contribution in [1.82, 2.24) is 9.88 Å². The highest BCUT2D eigenvalue weighted by Gasteiger charge is 2.40. The molecule has 6 nitrogen and oxygen atoms in total. The summed E-state index contributed by atoms with van der Waals surface area (Å²) in [7, 11) is 0. The Labute approximate surface area is 111 Å². The Bertz CT molecular complexity index is 546. The van der Waals surface area contributed by atoms with E-state index in [1.54, 1.807) is 13.0 Å². The quantitative estimate of drug-likeness (QED) is 0.735. The van der Waals surface area contributed by atoms with Crippen molar-refractivity contribution in [3.8, 4) is 5.75 Å². The Morgan fingerprint density at radius 1 is 1.47 bits per heavy atom. The number of piperazine rings is 1. The van der Waals surface area contributed by atoms with E-state index in [-0.39, 0.29) is 17.8 Å². The van der Waals surface area contributed by atoms with Gasteiger partial charge < -0.3 is 20.0 Å². The van der Waals surface area contributed by atoms with Crippen molar-refractivity contribution < 1.29 is 15.0 Å². The lowest BCUT2D eigenvalue weighted by Crippen LogP contribution is -2.57. The summed E-state index contributed by atoms with van der Waals surface area (Å²) in [6.07, 6.45) is -0.126. The topological polar surface area (TPSA) is 76.9 Å². The number of hydrogen-bond acceptors (Lipinski definition) is 4. The third-order valence-electron chi connectivity index (χ3n) is 4.00. The van der Waals surface area contributed by atoms with Crippen LogP contribution in [0.5, 0.6) is 5.75 Å². The van der Waals surface area contributed by atoms with Crippen molar-refractivity contribution in [3.63, 3.8) is 0 Å². The Balaban J connectivity index is 1.96. The second kappa shape index (κ2) is 4.01. The van der Waals surface area contributed by atoms with Crippen LogP contribution in [-0.4, -0.2) is 51.4 Å². The summed E-state index contributed by atoms with van der Waals surface area (Å²) in [5, 5.41) is 18.9. The van der Waals surface area contributed by atoms with Crippen molar-refractivity contribution in [2.45, 2.75) is 32.4 Å². The first-order valence-electron chi connectivity index (χ1n) is 6.43. The van der Waals surface area contributed by atoms with Gasteiger partial charge in [0.2, 0.25) is 0 Å². The molecule has 1 aromatic rings. The summed E-state index contributed by atoms with van der Waals surface area (Å²) in [6, 6.07) is 1.99. The van der Waals surface area contributed by atoms with Gasteiger partial charge in [-0.3, -0.25) is 0 Å². The number of anilines is 1. The standard InChI is InChI=1S/C13H17N3O3/c1-7-5-15(13(18)19)6-10-3-9-4-11(17)8(2)14-12(9)16(7)10/h4,7,10,17H,3,5-6H2,1-2H3,(H,18,19)/t7-,10-/m1/s1. The molecule has 3 rings (SSSR count). The van der Waals surface area contributed by atoms with E-state index in [2.05, 4.69) is 9.88 Å². The van der Waals surface area contributed by atoms with Crippen LogP contribution in [0, 0.1) is 6.92 Å². The molecule has 1 fully saturated rings. The molecule has 0 saturated carbocycles. The molecule has 0 radical (unpaired) electrons. The molecule has 0 unspecified atom stereocenters. The number of fused-ring (bicyclic) bond motifs is 3. The van der Waals surface area contributed by atoms with Gasteiger partial charge in [-0.1, -0.05) is 0 Å². The van der Waals surface area contributed by atoms with Gasteiger partial charge in [-0.15, -0.1) is 0 Å². The Morgan fingerprint density at radius 2 is 2.21 bits per heavy atom. The molecule has 1 aromatic heterocycles. The van der Waals surface area contributed by atoms with Crippen molar-refractivity contribution >= 4 is 11.9 Å². The first-order valence-corrected chi connectivity index (χ1v) is 6.43. The van der Waals surface area contributed by atoms with Gasteiger partial charge in [-0.05, 0) is 26.3 Å². The van der Waals surface area contributed by atoms with Crippen molar-refractivity contribution in [1.29, 1.82) is 0 Å². The average molecular weight is 263 g/mol. The fourth-order valence-corrected chi connectivity index (χ4v) is 3.13. The number of rotatable bonds is 0. The highest BCUT2D eigenvalue weighted by Crippen LogP contribution is 2.37. The van der Waals surface area contributed by atoms with Gasteiger partial charge in [0.1, 0.15) is 11.6 Å². The Kier molecular flexibility index (Phi) is 2.55. The van der Waals surface area contributed by atoms with Gasteiger partial charge in [0.25, 0.3) is 0 Å². The molecule has 19 heavy (non-hydrogen) atoms. The van der Waals surface area contributed by atoms with Crippen molar-refractivity contribution in [3.05, 3.63) is 17.3 Å². The molecule has 1 saturated heterocycles. The van der Waals surface area contributed by atoms with E-state index < -0.39 is 6.09 Å². The average Bonchev–Trinajstić information content (AvgIpc) is 2.67. The third kappa shape index (κ3) is 1.78. The minimum Gasteiger partial charge on any atom is -0.506 e. The summed E-state index contributed by atoms with van der Waals surface area (Å²) < 4.78 is 0. The zero-order valence-electron chi connectivity index (χ0n) is 11.0. The zero-order chi connectivity index (χ0) is 13.7. The molecule has 102 valence electrons. The van der Waals surface area contributed by atoms with Crippen LogP contribution in [-0.2, 0) is 6.42 Å². The number of amides is 1. The minimum atomic E-state index is -0.866. The number of pyridine rings is 1. The lowest BCUT2D eigenvalue weighted by molar-refractivity contribution is 0.128. The number of carbonyl (C=O) groups is 1. The number of carboxylic acid groups (broad SMARTS) is 1. The molecule has 0 spiro atoms. The van der Waals surface area contributed by atoms with Crippen LogP contribution in [0.3, 0.4) is 0 Å². The van der Waals surface area contributed by atoms with Crippen LogP contribution in [0.25, 0.3) is 0 Å². The number of aromatic nitrogens is 1. The van der Waals surface area contributed by atoms with Crippen LogP contribution >= 0.6 is 0 Å². The van der Waals surface area contributed by atoms with E-state index in [0.29, 0.717) is 18.8 Å². The first kappa shape index (κ1) is 12.1. The molecular weight excluding hydrogens is 246 g/mol. The van der Waals surface area contributed by atoms with Crippen LogP contribution in [0.1, 0.15) is 18.2 Å². The maximum atomic E-state index is 11.1. The van der Waals surface area contributed by atoms with E-state index in [1.807, 2.05) is 6.92 Å². The number of nitrogens with zero attached hydrogens (tertiary/aromatic N) is 3. The van der Waals surface area contributed by atoms with Crippen molar-refractivity contribution in [2.75, 3.05) is 18.0 Å². The second-order valence-electron chi connectivity index (χ2n) is 5.38.